The first kappa shape index (κ1) is 15.1. The summed E-state index contributed by atoms with van der Waals surface area (Å²) in [7, 11) is 0. The van der Waals surface area contributed by atoms with Crippen LogP contribution in [0, 0.1) is 10.1 Å². The third-order valence-corrected chi connectivity index (χ3v) is 4.52. The number of hydrogen-bond donors (Lipinski definition) is 1. The summed E-state index contributed by atoms with van der Waals surface area (Å²) >= 11 is 0.911. The fourth-order valence-corrected chi connectivity index (χ4v) is 3.14. The Morgan fingerprint density at radius 1 is 1.48 bits per heavy atom. The van der Waals surface area contributed by atoms with Crippen molar-refractivity contribution in [1.82, 2.24) is 5.32 Å². The Hall–Kier alpha value is -2.29. The van der Waals surface area contributed by atoms with E-state index in [9.17, 15) is 24.5 Å². The maximum absolute atomic E-state index is 11.9. The van der Waals surface area contributed by atoms with Crippen molar-refractivity contribution in [3.05, 3.63) is 21.1 Å². The number of carbonyl (C=O) groups excluding carboxylic acids is 3. The van der Waals surface area contributed by atoms with E-state index in [2.05, 4.69) is 5.32 Å². The Labute approximate surface area is 123 Å². The van der Waals surface area contributed by atoms with Crippen LogP contribution in [0.15, 0.2) is 6.07 Å². The second-order valence-corrected chi connectivity index (χ2v) is 6.17. The normalized spacial score (nSPS) is 17.6. The molecule has 2 rings (SSSR count). The number of nitrogens with zero attached hydrogens (tertiary/aromatic N) is 2. The van der Waals surface area contributed by atoms with E-state index < -0.39 is 22.3 Å². The van der Waals surface area contributed by atoms with Crippen LogP contribution in [0.3, 0.4) is 0 Å². The van der Waals surface area contributed by atoms with E-state index in [1.807, 2.05) is 0 Å². The molecule has 0 aromatic carbocycles. The standard InChI is InChI=1S/C12H13N3O5S/c1-6(16)8-4-7(15(19)20)10(21-8)14-5-9(17)13-11(18)12(14,2)3/h4H,5H2,1-3H3,(H,13,17,18). The SMILES string of the molecule is CC(=O)c1cc([N+](=O)[O-])c(N2CC(=O)NC(=O)C2(C)C)s1. The van der Waals surface area contributed by atoms with E-state index in [0.717, 1.165) is 11.3 Å². The van der Waals surface area contributed by atoms with Crippen LogP contribution in [0.25, 0.3) is 0 Å². The van der Waals surface area contributed by atoms with Gasteiger partial charge in [0.05, 0.1) is 16.3 Å². The van der Waals surface area contributed by atoms with E-state index in [1.54, 1.807) is 13.8 Å². The summed E-state index contributed by atoms with van der Waals surface area (Å²) in [6, 6.07) is 1.18. The second kappa shape index (κ2) is 4.92. The summed E-state index contributed by atoms with van der Waals surface area (Å²) in [6.07, 6.45) is 0. The highest BCUT2D eigenvalue weighted by molar-refractivity contribution is 7.18. The molecule has 9 heteroatoms. The lowest BCUT2D eigenvalue weighted by Crippen LogP contribution is -2.64. The molecule has 0 unspecified atom stereocenters. The predicted molar refractivity (Wildman–Crippen MR) is 75.6 cm³/mol. The second-order valence-electron chi connectivity index (χ2n) is 5.14. The molecule has 2 amide bonds. The highest BCUT2D eigenvalue weighted by Gasteiger charge is 2.44. The van der Waals surface area contributed by atoms with Crippen molar-refractivity contribution in [1.29, 1.82) is 0 Å². The minimum absolute atomic E-state index is 0.137. The highest BCUT2D eigenvalue weighted by Crippen LogP contribution is 2.41. The third kappa shape index (κ3) is 2.51. The monoisotopic (exact) mass is 311 g/mol. The van der Waals surface area contributed by atoms with Gasteiger partial charge in [-0.15, -0.1) is 11.3 Å². The fourth-order valence-electron chi connectivity index (χ4n) is 1.98. The van der Waals surface area contributed by atoms with Crippen molar-refractivity contribution in [3.8, 4) is 0 Å². The molecule has 1 N–H and O–H groups in total. The molecule has 1 aromatic rings. The number of nitro groups is 1. The number of ketones is 1. The van der Waals surface area contributed by atoms with E-state index in [0.29, 0.717) is 0 Å². The van der Waals surface area contributed by atoms with Gasteiger partial charge in [-0.3, -0.25) is 29.8 Å². The first-order chi connectivity index (χ1) is 9.64. The maximum atomic E-state index is 11.9. The number of Topliss-reactive ketones (excluding diaryl/α,β-unsaturated/α-hetero) is 1. The smallest absolute Gasteiger partial charge is 0.304 e. The molecule has 112 valence electrons. The number of anilines is 1. The Kier molecular flexibility index (Phi) is 3.54. The number of imide groups is 1. The number of thiophene rings is 1. The molecule has 8 nitrogen and oxygen atoms in total. The van der Waals surface area contributed by atoms with Gasteiger partial charge in [-0.05, 0) is 20.8 Å². The quantitative estimate of drug-likeness (QED) is 0.387. The molecular formula is C12H13N3O5S. The van der Waals surface area contributed by atoms with Gasteiger partial charge in [0.25, 0.3) is 5.91 Å². The number of piperazine rings is 1. The van der Waals surface area contributed by atoms with Gasteiger partial charge >= 0.3 is 5.69 Å². The number of rotatable bonds is 3. The van der Waals surface area contributed by atoms with Crippen LogP contribution in [0.5, 0.6) is 0 Å². The van der Waals surface area contributed by atoms with Crippen molar-refractivity contribution in [3.63, 3.8) is 0 Å². The summed E-state index contributed by atoms with van der Waals surface area (Å²) in [6.45, 7) is 4.24. The Morgan fingerprint density at radius 2 is 2.10 bits per heavy atom. The van der Waals surface area contributed by atoms with Crippen LogP contribution in [-0.4, -0.2) is 34.6 Å². The molecule has 21 heavy (non-hydrogen) atoms. The van der Waals surface area contributed by atoms with E-state index in [1.165, 1.54) is 17.9 Å². The number of carbonyl (C=O) groups is 3. The first-order valence-electron chi connectivity index (χ1n) is 6.05. The van der Waals surface area contributed by atoms with Crippen LogP contribution in [0.1, 0.15) is 30.4 Å². The lowest BCUT2D eigenvalue weighted by Gasteiger charge is -2.40. The molecule has 0 saturated carbocycles. The average molecular weight is 311 g/mol. The molecule has 0 atom stereocenters. The Bertz CT molecular complexity index is 664. The zero-order valence-corrected chi connectivity index (χ0v) is 12.4. The summed E-state index contributed by atoms with van der Waals surface area (Å²) in [5.41, 5.74) is -1.40. The molecule has 1 fully saturated rings. The molecule has 1 aromatic heterocycles. The minimum Gasteiger partial charge on any atom is -0.334 e. The zero-order chi connectivity index (χ0) is 15.9. The van der Waals surface area contributed by atoms with Crippen molar-refractivity contribution >= 4 is 39.6 Å². The fraction of sp³-hybridized carbons (Fsp3) is 0.417. The van der Waals surface area contributed by atoms with E-state index >= 15 is 0 Å². The molecule has 1 aliphatic rings. The third-order valence-electron chi connectivity index (χ3n) is 3.27. The molecule has 1 aliphatic heterocycles. The van der Waals surface area contributed by atoms with Crippen LogP contribution in [-0.2, 0) is 9.59 Å². The van der Waals surface area contributed by atoms with Gasteiger partial charge in [0.1, 0.15) is 5.54 Å². The Morgan fingerprint density at radius 3 is 2.62 bits per heavy atom. The number of nitrogens with one attached hydrogen (secondary N) is 1. The van der Waals surface area contributed by atoms with Gasteiger partial charge in [-0.1, -0.05) is 0 Å². The molecule has 1 saturated heterocycles. The van der Waals surface area contributed by atoms with E-state index in [-0.39, 0.29) is 27.9 Å². The zero-order valence-electron chi connectivity index (χ0n) is 11.6. The van der Waals surface area contributed by atoms with Crippen LogP contribution >= 0.6 is 11.3 Å². The minimum atomic E-state index is -1.13. The largest absolute Gasteiger partial charge is 0.334 e. The van der Waals surface area contributed by atoms with Gasteiger partial charge < -0.3 is 4.90 Å². The van der Waals surface area contributed by atoms with Gasteiger partial charge in [-0.2, -0.15) is 0 Å². The molecular weight excluding hydrogens is 298 g/mol. The molecule has 0 spiro atoms. The molecule has 0 bridgehead atoms. The average Bonchev–Trinajstić information content (AvgIpc) is 2.79. The van der Waals surface area contributed by atoms with Crippen LogP contribution in [0.4, 0.5) is 10.7 Å². The van der Waals surface area contributed by atoms with Crippen LogP contribution < -0.4 is 10.2 Å². The first-order valence-corrected chi connectivity index (χ1v) is 6.87. The van der Waals surface area contributed by atoms with Gasteiger partial charge in [-0.25, -0.2) is 0 Å². The summed E-state index contributed by atoms with van der Waals surface area (Å²) in [5.74, 6) is -1.38. The van der Waals surface area contributed by atoms with E-state index in [4.69, 9.17) is 0 Å². The lowest BCUT2D eigenvalue weighted by molar-refractivity contribution is -0.383. The van der Waals surface area contributed by atoms with Gasteiger partial charge in [0.2, 0.25) is 5.91 Å². The number of amides is 2. The molecule has 0 radical (unpaired) electrons. The Balaban J connectivity index is 2.58. The van der Waals surface area contributed by atoms with Gasteiger partial charge in [0, 0.05) is 6.07 Å². The van der Waals surface area contributed by atoms with Crippen molar-refractivity contribution in [2.75, 3.05) is 11.4 Å². The lowest BCUT2D eigenvalue weighted by atomic mass is 9.99. The maximum Gasteiger partial charge on any atom is 0.304 e. The summed E-state index contributed by atoms with van der Waals surface area (Å²) in [4.78, 5) is 47.0. The van der Waals surface area contributed by atoms with Gasteiger partial charge in [0.15, 0.2) is 10.8 Å². The van der Waals surface area contributed by atoms with Crippen molar-refractivity contribution in [2.45, 2.75) is 26.3 Å². The molecule has 2 heterocycles. The van der Waals surface area contributed by atoms with Crippen LogP contribution in [0.2, 0.25) is 0 Å². The van der Waals surface area contributed by atoms with Crippen molar-refractivity contribution < 1.29 is 19.3 Å². The van der Waals surface area contributed by atoms with Crippen molar-refractivity contribution in [2.24, 2.45) is 0 Å². The predicted octanol–water partition coefficient (Wildman–Crippen LogP) is 1.10. The molecule has 0 aliphatic carbocycles. The highest BCUT2D eigenvalue weighted by atomic mass is 32.1. The summed E-state index contributed by atoms with van der Waals surface area (Å²) in [5, 5.41) is 13.5. The topological polar surface area (TPSA) is 110 Å². The summed E-state index contributed by atoms with van der Waals surface area (Å²) < 4.78 is 0. The number of hydrogen-bond acceptors (Lipinski definition) is 7.